The molecule has 28 heavy (non-hydrogen) atoms. The number of nitrogens with zero attached hydrogens (tertiary/aromatic N) is 3. The van der Waals surface area contributed by atoms with Crippen molar-refractivity contribution in [2.24, 2.45) is 5.92 Å². The lowest BCUT2D eigenvalue weighted by atomic mass is 9.68. The van der Waals surface area contributed by atoms with Gasteiger partial charge in [0.1, 0.15) is 0 Å². The molecule has 2 aliphatic heterocycles. The van der Waals surface area contributed by atoms with Crippen LogP contribution in [-0.4, -0.2) is 54.2 Å². The van der Waals surface area contributed by atoms with Gasteiger partial charge < -0.3 is 9.64 Å². The molecule has 0 spiro atoms. The zero-order valence-corrected chi connectivity index (χ0v) is 16.8. The molecule has 1 saturated carbocycles. The van der Waals surface area contributed by atoms with Gasteiger partial charge in [-0.15, -0.1) is 0 Å². The van der Waals surface area contributed by atoms with Crippen LogP contribution in [0.1, 0.15) is 51.0 Å². The molecule has 3 aliphatic rings. The average molecular weight is 382 g/mol. The molecule has 5 nitrogen and oxygen atoms in total. The van der Waals surface area contributed by atoms with E-state index in [1.165, 1.54) is 18.4 Å². The second kappa shape index (κ2) is 8.13. The molecule has 1 aromatic rings. The third kappa shape index (κ3) is 3.51. The number of rotatable bonds is 3. The number of likely N-dealkylation sites (tertiary alicyclic amines) is 2. The van der Waals surface area contributed by atoms with Crippen molar-refractivity contribution in [3.05, 3.63) is 35.9 Å². The Kier molecular flexibility index (Phi) is 5.59. The highest BCUT2D eigenvalue weighted by molar-refractivity contribution is 5.68. The molecule has 1 aliphatic carbocycles. The molecule has 1 amide bonds. The van der Waals surface area contributed by atoms with E-state index < -0.39 is 0 Å². The lowest BCUT2D eigenvalue weighted by Crippen LogP contribution is -2.52. The maximum atomic E-state index is 12.2. The Bertz CT molecular complexity index is 721. The Morgan fingerprint density at radius 3 is 2.64 bits per heavy atom. The number of hydrogen-bond acceptors (Lipinski definition) is 4. The van der Waals surface area contributed by atoms with Gasteiger partial charge in [-0.2, -0.15) is 5.26 Å². The summed E-state index contributed by atoms with van der Waals surface area (Å²) in [6.45, 7) is 5.05. The van der Waals surface area contributed by atoms with Crippen molar-refractivity contribution < 1.29 is 9.53 Å². The van der Waals surface area contributed by atoms with Crippen molar-refractivity contribution in [2.45, 2.75) is 62.9 Å². The molecule has 2 atom stereocenters. The van der Waals surface area contributed by atoms with Gasteiger partial charge in [0.25, 0.3) is 0 Å². The highest BCUT2D eigenvalue weighted by Gasteiger charge is 2.46. The van der Waals surface area contributed by atoms with Gasteiger partial charge in [0, 0.05) is 25.2 Å². The monoisotopic (exact) mass is 381 g/mol. The normalized spacial score (nSPS) is 33.1. The molecule has 150 valence electrons. The Balaban J connectivity index is 1.43. The molecule has 0 aromatic heterocycles. The van der Waals surface area contributed by atoms with Gasteiger partial charge in [-0.25, -0.2) is 4.79 Å². The number of fused-ring (bicyclic) bond motifs is 1. The molecule has 2 saturated heterocycles. The number of piperidine rings is 1. The van der Waals surface area contributed by atoms with Crippen molar-refractivity contribution in [1.29, 1.82) is 5.26 Å². The van der Waals surface area contributed by atoms with E-state index >= 15 is 0 Å². The predicted molar refractivity (Wildman–Crippen MR) is 108 cm³/mol. The molecular formula is C23H31N3O2. The molecule has 0 bridgehead atoms. The minimum atomic E-state index is -0.334. The maximum absolute atomic E-state index is 12.2. The van der Waals surface area contributed by atoms with Crippen LogP contribution in [0.25, 0.3) is 0 Å². The standard InChI is InChI=1S/C23H31N3O2/c1-2-28-22(27)25-15-18-7-6-14-26(21(18)16-25)20-10-12-23(17-24,13-11-20)19-8-4-3-5-9-19/h3-5,8-9,18,20-21H,2,6-7,10-16H2,1H3/t18-,20?,21+,23?/m0/s1. The summed E-state index contributed by atoms with van der Waals surface area (Å²) in [7, 11) is 0. The maximum Gasteiger partial charge on any atom is 0.409 e. The summed E-state index contributed by atoms with van der Waals surface area (Å²) in [5.41, 5.74) is 0.835. The summed E-state index contributed by atoms with van der Waals surface area (Å²) in [5.74, 6) is 0.565. The van der Waals surface area contributed by atoms with Crippen LogP contribution in [0, 0.1) is 17.2 Å². The second-order valence-electron chi connectivity index (χ2n) is 8.60. The third-order valence-corrected chi connectivity index (χ3v) is 7.17. The summed E-state index contributed by atoms with van der Waals surface area (Å²) in [6.07, 6.45) is 6.22. The first-order chi connectivity index (χ1) is 13.7. The van der Waals surface area contributed by atoms with E-state index in [9.17, 15) is 10.1 Å². The van der Waals surface area contributed by atoms with Crippen LogP contribution in [-0.2, 0) is 10.2 Å². The molecule has 0 N–H and O–H groups in total. The average Bonchev–Trinajstić information content (AvgIpc) is 3.19. The SMILES string of the molecule is CCOC(=O)N1C[C@@H]2CCCN(C3CCC(C#N)(c4ccccc4)CC3)[C@@H]2C1. The molecular weight excluding hydrogens is 350 g/mol. The zero-order valence-electron chi connectivity index (χ0n) is 16.8. The van der Waals surface area contributed by atoms with Gasteiger partial charge in [-0.1, -0.05) is 30.3 Å². The van der Waals surface area contributed by atoms with Crippen LogP contribution < -0.4 is 0 Å². The van der Waals surface area contributed by atoms with E-state index in [1.54, 1.807) is 0 Å². The van der Waals surface area contributed by atoms with E-state index in [1.807, 2.05) is 30.0 Å². The lowest BCUT2D eigenvalue weighted by Gasteiger charge is -2.46. The van der Waals surface area contributed by atoms with Crippen molar-refractivity contribution in [2.75, 3.05) is 26.2 Å². The van der Waals surface area contributed by atoms with Crippen LogP contribution in [0.15, 0.2) is 30.3 Å². The number of hydrogen-bond donors (Lipinski definition) is 0. The minimum absolute atomic E-state index is 0.159. The second-order valence-corrected chi connectivity index (χ2v) is 8.60. The molecule has 1 aromatic carbocycles. The number of ether oxygens (including phenoxy) is 1. The summed E-state index contributed by atoms with van der Waals surface area (Å²) in [5, 5.41) is 9.97. The van der Waals surface area contributed by atoms with Crippen LogP contribution >= 0.6 is 0 Å². The number of nitriles is 1. The molecule has 0 radical (unpaired) electrons. The highest BCUT2D eigenvalue weighted by atomic mass is 16.6. The predicted octanol–water partition coefficient (Wildman–Crippen LogP) is 3.94. The van der Waals surface area contributed by atoms with Crippen LogP contribution in [0.5, 0.6) is 0 Å². The van der Waals surface area contributed by atoms with Crippen LogP contribution in [0.3, 0.4) is 0 Å². The van der Waals surface area contributed by atoms with Crippen LogP contribution in [0.2, 0.25) is 0 Å². The van der Waals surface area contributed by atoms with E-state index in [4.69, 9.17) is 4.74 Å². The van der Waals surface area contributed by atoms with Gasteiger partial charge >= 0.3 is 6.09 Å². The number of carbonyl (C=O) groups is 1. The van der Waals surface area contributed by atoms with E-state index in [0.717, 1.165) is 45.3 Å². The van der Waals surface area contributed by atoms with Gasteiger partial charge in [0.05, 0.1) is 18.1 Å². The fraction of sp³-hybridized carbons (Fsp3) is 0.652. The Hall–Kier alpha value is -2.06. The third-order valence-electron chi connectivity index (χ3n) is 7.17. The van der Waals surface area contributed by atoms with Crippen molar-refractivity contribution in [3.63, 3.8) is 0 Å². The van der Waals surface area contributed by atoms with Gasteiger partial charge in [0.15, 0.2) is 0 Å². The van der Waals surface area contributed by atoms with Gasteiger partial charge in [0.2, 0.25) is 0 Å². The molecule has 2 heterocycles. The van der Waals surface area contributed by atoms with Gasteiger partial charge in [-0.05, 0) is 63.5 Å². The number of carbonyl (C=O) groups excluding carboxylic acids is 1. The number of benzene rings is 1. The largest absolute Gasteiger partial charge is 0.450 e. The van der Waals surface area contributed by atoms with Crippen molar-refractivity contribution in [3.8, 4) is 6.07 Å². The van der Waals surface area contributed by atoms with Gasteiger partial charge in [-0.3, -0.25) is 4.90 Å². The smallest absolute Gasteiger partial charge is 0.409 e. The molecule has 5 heteroatoms. The van der Waals surface area contributed by atoms with E-state index in [2.05, 4.69) is 23.1 Å². The minimum Gasteiger partial charge on any atom is -0.450 e. The Morgan fingerprint density at radius 2 is 1.96 bits per heavy atom. The topological polar surface area (TPSA) is 56.6 Å². The lowest BCUT2D eigenvalue weighted by molar-refractivity contribution is 0.0482. The summed E-state index contributed by atoms with van der Waals surface area (Å²) < 4.78 is 5.24. The fourth-order valence-electron chi connectivity index (χ4n) is 5.68. The molecule has 3 fully saturated rings. The quantitative estimate of drug-likeness (QED) is 0.796. The first-order valence-corrected chi connectivity index (χ1v) is 10.8. The van der Waals surface area contributed by atoms with E-state index in [0.29, 0.717) is 24.6 Å². The number of amides is 1. The van der Waals surface area contributed by atoms with Crippen molar-refractivity contribution in [1.82, 2.24) is 9.80 Å². The first kappa shape index (κ1) is 19.3. The molecule has 4 rings (SSSR count). The summed E-state index contributed by atoms with van der Waals surface area (Å²) in [6, 6.07) is 13.9. The van der Waals surface area contributed by atoms with Crippen LogP contribution in [0.4, 0.5) is 4.79 Å². The molecule has 0 unspecified atom stereocenters. The Morgan fingerprint density at radius 1 is 1.21 bits per heavy atom. The first-order valence-electron chi connectivity index (χ1n) is 10.8. The van der Waals surface area contributed by atoms with E-state index in [-0.39, 0.29) is 11.5 Å². The summed E-state index contributed by atoms with van der Waals surface area (Å²) >= 11 is 0. The Labute approximate surface area is 168 Å². The summed E-state index contributed by atoms with van der Waals surface area (Å²) in [4.78, 5) is 16.8. The highest BCUT2D eigenvalue weighted by Crippen LogP contribution is 2.42. The fourth-order valence-corrected chi connectivity index (χ4v) is 5.68. The zero-order chi connectivity index (χ0) is 19.6. The van der Waals surface area contributed by atoms with Crippen molar-refractivity contribution >= 4 is 6.09 Å².